The Morgan fingerprint density at radius 2 is 1.38 bits per heavy atom. The summed E-state index contributed by atoms with van der Waals surface area (Å²) < 4.78 is 37.3. The predicted molar refractivity (Wildman–Crippen MR) is 120 cm³/mol. The number of methoxy groups -OCH3 is 1. The SMILES string of the molecule is CCN(c1ccccc1)S(=O)(=O)c1ccc(C(=O)OCc2ccc(C(=O)OC)cc2)cc1. The number of ether oxygens (including phenoxy) is 2. The van der Waals surface area contributed by atoms with Crippen LogP contribution in [0, 0.1) is 0 Å². The average molecular weight is 454 g/mol. The van der Waals surface area contributed by atoms with Crippen molar-refractivity contribution in [3.63, 3.8) is 0 Å². The van der Waals surface area contributed by atoms with Crippen LogP contribution in [0.3, 0.4) is 0 Å². The van der Waals surface area contributed by atoms with E-state index in [-0.39, 0.29) is 23.6 Å². The highest BCUT2D eigenvalue weighted by molar-refractivity contribution is 7.92. The molecule has 0 aromatic heterocycles. The molecule has 8 heteroatoms. The Hall–Kier alpha value is -3.65. The highest BCUT2D eigenvalue weighted by Crippen LogP contribution is 2.23. The molecule has 0 heterocycles. The molecule has 0 atom stereocenters. The summed E-state index contributed by atoms with van der Waals surface area (Å²) in [7, 11) is -2.47. The zero-order valence-corrected chi connectivity index (χ0v) is 18.5. The Kier molecular flexibility index (Phi) is 7.27. The van der Waals surface area contributed by atoms with Crippen LogP contribution in [-0.4, -0.2) is 34.0 Å². The molecule has 0 radical (unpaired) electrons. The molecule has 0 spiro atoms. The van der Waals surface area contributed by atoms with Crippen molar-refractivity contribution >= 4 is 27.6 Å². The number of nitrogens with zero attached hydrogens (tertiary/aromatic N) is 1. The summed E-state index contributed by atoms with van der Waals surface area (Å²) in [4.78, 5) is 23.9. The number of benzene rings is 3. The smallest absolute Gasteiger partial charge is 0.338 e. The molecule has 32 heavy (non-hydrogen) atoms. The summed E-state index contributed by atoms with van der Waals surface area (Å²) in [5, 5.41) is 0. The van der Waals surface area contributed by atoms with E-state index in [9.17, 15) is 18.0 Å². The number of rotatable bonds is 8. The van der Waals surface area contributed by atoms with Crippen LogP contribution in [0.5, 0.6) is 0 Å². The van der Waals surface area contributed by atoms with Crippen LogP contribution in [0.25, 0.3) is 0 Å². The standard InChI is InChI=1S/C24H23NO6S/c1-3-25(21-7-5-4-6-8-21)32(28,29)22-15-13-20(14-16-22)24(27)31-17-18-9-11-19(12-10-18)23(26)30-2/h4-16H,3,17H2,1-2H3. The van der Waals surface area contributed by atoms with Crippen molar-refractivity contribution in [2.45, 2.75) is 18.4 Å². The zero-order valence-electron chi connectivity index (χ0n) is 17.7. The van der Waals surface area contributed by atoms with Gasteiger partial charge in [0, 0.05) is 6.54 Å². The van der Waals surface area contributed by atoms with Gasteiger partial charge in [0.1, 0.15) is 6.61 Å². The zero-order chi connectivity index (χ0) is 23.1. The minimum atomic E-state index is -3.77. The number of esters is 2. The van der Waals surface area contributed by atoms with E-state index in [4.69, 9.17) is 4.74 Å². The van der Waals surface area contributed by atoms with Crippen LogP contribution in [0.4, 0.5) is 5.69 Å². The quantitative estimate of drug-likeness (QED) is 0.478. The van der Waals surface area contributed by atoms with E-state index in [1.807, 2.05) is 6.07 Å². The van der Waals surface area contributed by atoms with E-state index >= 15 is 0 Å². The summed E-state index contributed by atoms with van der Waals surface area (Å²) in [6, 6.07) is 20.9. The van der Waals surface area contributed by atoms with Crippen molar-refractivity contribution in [1.29, 1.82) is 0 Å². The summed E-state index contributed by atoms with van der Waals surface area (Å²) in [5.41, 5.74) is 1.90. The van der Waals surface area contributed by atoms with Gasteiger partial charge in [0.05, 0.1) is 28.8 Å². The molecule has 0 amide bonds. The van der Waals surface area contributed by atoms with Gasteiger partial charge in [0.15, 0.2) is 0 Å². The number of carbonyl (C=O) groups excluding carboxylic acids is 2. The summed E-state index contributed by atoms with van der Waals surface area (Å²) in [5.74, 6) is -1.03. The van der Waals surface area contributed by atoms with Crippen LogP contribution in [-0.2, 0) is 26.1 Å². The van der Waals surface area contributed by atoms with Gasteiger partial charge in [-0.05, 0) is 61.0 Å². The van der Waals surface area contributed by atoms with Gasteiger partial charge in [-0.2, -0.15) is 0 Å². The first-order chi connectivity index (χ1) is 15.4. The van der Waals surface area contributed by atoms with E-state index in [1.165, 1.54) is 35.7 Å². The van der Waals surface area contributed by atoms with E-state index in [0.29, 0.717) is 16.8 Å². The second kappa shape index (κ2) is 10.1. The third-order valence-corrected chi connectivity index (χ3v) is 6.67. The molecule has 3 aromatic rings. The second-order valence-corrected chi connectivity index (χ2v) is 8.66. The number of para-hydroxylation sites is 1. The van der Waals surface area contributed by atoms with E-state index in [2.05, 4.69) is 4.74 Å². The van der Waals surface area contributed by atoms with Crippen molar-refractivity contribution in [1.82, 2.24) is 0 Å². The van der Waals surface area contributed by atoms with Gasteiger partial charge in [-0.25, -0.2) is 18.0 Å². The first-order valence-electron chi connectivity index (χ1n) is 9.89. The lowest BCUT2D eigenvalue weighted by atomic mass is 10.1. The van der Waals surface area contributed by atoms with Gasteiger partial charge in [-0.3, -0.25) is 4.31 Å². The Morgan fingerprint density at radius 1 is 0.812 bits per heavy atom. The molecular weight excluding hydrogens is 430 g/mol. The fourth-order valence-electron chi connectivity index (χ4n) is 3.06. The van der Waals surface area contributed by atoms with E-state index in [1.54, 1.807) is 55.5 Å². The topological polar surface area (TPSA) is 90.0 Å². The molecule has 0 aliphatic heterocycles. The van der Waals surface area contributed by atoms with Crippen molar-refractivity contribution in [2.24, 2.45) is 0 Å². The molecule has 0 N–H and O–H groups in total. The molecule has 0 fully saturated rings. The van der Waals surface area contributed by atoms with E-state index < -0.39 is 22.0 Å². The van der Waals surface area contributed by atoms with Gasteiger partial charge < -0.3 is 9.47 Å². The minimum absolute atomic E-state index is 0.0119. The summed E-state index contributed by atoms with van der Waals surface area (Å²) in [6.07, 6.45) is 0. The molecular formula is C24H23NO6S. The second-order valence-electron chi connectivity index (χ2n) is 6.79. The molecule has 7 nitrogen and oxygen atoms in total. The molecule has 0 saturated heterocycles. The molecule has 3 aromatic carbocycles. The largest absolute Gasteiger partial charge is 0.465 e. The van der Waals surface area contributed by atoms with Gasteiger partial charge >= 0.3 is 11.9 Å². The van der Waals surface area contributed by atoms with Crippen molar-refractivity contribution in [3.8, 4) is 0 Å². The highest BCUT2D eigenvalue weighted by atomic mass is 32.2. The first-order valence-corrected chi connectivity index (χ1v) is 11.3. The van der Waals surface area contributed by atoms with Gasteiger partial charge in [-0.15, -0.1) is 0 Å². The fourth-order valence-corrected chi connectivity index (χ4v) is 4.54. The van der Waals surface area contributed by atoms with E-state index in [0.717, 1.165) is 0 Å². The van der Waals surface area contributed by atoms with Crippen LogP contribution in [0.2, 0.25) is 0 Å². The average Bonchev–Trinajstić information content (AvgIpc) is 2.83. The molecule has 0 aliphatic carbocycles. The van der Waals surface area contributed by atoms with Crippen molar-refractivity contribution < 1.29 is 27.5 Å². The fraction of sp³-hybridized carbons (Fsp3) is 0.167. The third-order valence-electron chi connectivity index (χ3n) is 4.75. The van der Waals surface area contributed by atoms with Gasteiger partial charge in [0.2, 0.25) is 0 Å². The van der Waals surface area contributed by atoms with Crippen molar-refractivity contribution in [2.75, 3.05) is 18.0 Å². The normalized spacial score (nSPS) is 10.9. The Morgan fingerprint density at radius 3 is 1.94 bits per heavy atom. The maximum Gasteiger partial charge on any atom is 0.338 e. The number of hydrogen-bond acceptors (Lipinski definition) is 6. The first kappa shape index (κ1) is 23.0. The van der Waals surface area contributed by atoms with Crippen molar-refractivity contribution in [3.05, 3.63) is 95.6 Å². The molecule has 0 saturated carbocycles. The summed E-state index contributed by atoms with van der Waals surface area (Å²) >= 11 is 0. The summed E-state index contributed by atoms with van der Waals surface area (Å²) in [6.45, 7) is 2.04. The Labute approximate surface area is 187 Å². The molecule has 0 unspecified atom stereocenters. The molecule has 166 valence electrons. The maximum atomic E-state index is 13.0. The lowest BCUT2D eigenvalue weighted by Crippen LogP contribution is -2.30. The third kappa shape index (κ3) is 5.15. The molecule has 0 bridgehead atoms. The van der Waals surface area contributed by atoms with Gasteiger partial charge in [-0.1, -0.05) is 30.3 Å². The predicted octanol–water partition coefficient (Wildman–Crippen LogP) is 4.05. The molecule has 3 rings (SSSR count). The van der Waals surface area contributed by atoms with Crippen LogP contribution >= 0.6 is 0 Å². The van der Waals surface area contributed by atoms with Crippen LogP contribution in [0.1, 0.15) is 33.2 Å². The number of anilines is 1. The Bertz CT molecular complexity index is 1170. The van der Waals surface area contributed by atoms with Crippen LogP contribution in [0.15, 0.2) is 83.8 Å². The monoisotopic (exact) mass is 453 g/mol. The molecule has 0 aliphatic rings. The lowest BCUT2D eigenvalue weighted by molar-refractivity contribution is 0.0471. The number of sulfonamides is 1. The van der Waals surface area contributed by atoms with Gasteiger partial charge in [0.25, 0.3) is 10.0 Å². The Balaban J connectivity index is 1.68. The maximum absolute atomic E-state index is 13.0. The number of carbonyl (C=O) groups is 2. The minimum Gasteiger partial charge on any atom is -0.465 e. The highest BCUT2D eigenvalue weighted by Gasteiger charge is 2.23. The lowest BCUT2D eigenvalue weighted by Gasteiger charge is -2.22. The number of hydrogen-bond donors (Lipinski definition) is 0. The van der Waals surface area contributed by atoms with Crippen LogP contribution < -0.4 is 4.31 Å².